The molecule has 2 aliphatic rings. The quantitative estimate of drug-likeness (QED) is 0.644. The molecular weight excluding hydrogens is 374 g/mol. The van der Waals surface area contributed by atoms with Crippen LogP contribution in [0.5, 0.6) is 5.75 Å². The fourth-order valence-corrected chi connectivity index (χ4v) is 3.35. The standard InChI is InChI=1S/C20H27N5O4/c1-5-10-21-19-22-17-16(18(27)24(4)20(28)23(17)3)25(19)11-14(26)12-29-15-9-7-6-8-13(15)2/h6-9,14,16,26H,5,10-12H2,1-4H3/p+1. The number of amidine groups is 1. The van der Waals surface area contributed by atoms with E-state index in [2.05, 4.69) is 10.3 Å². The first-order valence-electron chi connectivity index (χ1n) is 9.73. The molecule has 2 atom stereocenters. The number of guanidine groups is 1. The monoisotopic (exact) mass is 402 g/mol. The van der Waals surface area contributed by atoms with Gasteiger partial charge in [-0.1, -0.05) is 30.1 Å². The van der Waals surface area contributed by atoms with Crippen molar-refractivity contribution in [3.05, 3.63) is 29.8 Å². The molecule has 0 radical (unpaired) electrons. The zero-order chi connectivity index (χ0) is 21.1. The van der Waals surface area contributed by atoms with Crippen LogP contribution in [-0.4, -0.2) is 89.2 Å². The number of urea groups is 1. The molecule has 1 aromatic carbocycles. The van der Waals surface area contributed by atoms with Crippen LogP contribution in [0.1, 0.15) is 18.9 Å². The highest BCUT2D eigenvalue weighted by Gasteiger charge is 2.51. The highest BCUT2D eigenvalue weighted by atomic mass is 16.5. The van der Waals surface area contributed by atoms with Gasteiger partial charge in [0.25, 0.3) is 5.91 Å². The van der Waals surface area contributed by atoms with Crippen molar-refractivity contribution in [1.82, 2.24) is 15.1 Å². The van der Waals surface area contributed by atoms with E-state index >= 15 is 0 Å². The van der Waals surface area contributed by atoms with Crippen LogP contribution in [-0.2, 0) is 4.79 Å². The molecule has 1 aromatic rings. The van der Waals surface area contributed by atoms with Crippen molar-refractivity contribution in [2.45, 2.75) is 32.4 Å². The van der Waals surface area contributed by atoms with Gasteiger partial charge < -0.3 is 9.84 Å². The second kappa shape index (κ2) is 8.60. The summed E-state index contributed by atoms with van der Waals surface area (Å²) in [5.74, 6) is 1.18. The van der Waals surface area contributed by atoms with E-state index in [9.17, 15) is 14.7 Å². The number of benzene rings is 1. The van der Waals surface area contributed by atoms with Crippen molar-refractivity contribution in [1.29, 1.82) is 0 Å². The molecule has 2 N–H and O–H groups in total. The number of β-amino-alcohol motifs (C(OH)–C–C–N with tert-alkyl or cyclic N) is 1. The van der Waals surface area contributed by atoms with Gasteiger partial charge in [0, 0.05) is 14.1 Å². The van der Waals surface area contributed by atoms with Crippen LogP contribution >= 0.6 is 0 Å². The molecule has 1 saturated heterocycles. The van der Waals surface area contributed by atoms with E-state index < -0.39 is 18.2 Å². The van der Waals surface area contributed by atoms with E-state index in [0.717, 1.165) is 16.9 Å². The lowest BCUT2D eigenvalue weighted by molar-refractivity contribution is -0.545. The minimum Gasteiger partial charge on any atom is -0.490 e. The van der Waals surface area contributed by atoms with Gasteiger partial charge in [-0.3, -0.25) is 19.9 Å². The number of imide groups is 1. The first kappa shape index (κ1) is 20.8. The minimum absolute atomic E-state index is 0.0727. The van der Waals surface area contributed by atoms with Gasteiger partial charge in [-0.25, -0.2) is 9.37 Å². The molecule has 2 heterocycles. The number of aliphatic hydroxyl groups excluding tert-OH is 1. The number of carbonyl (C=O) groups excluding carboxylic acids is 2. The molecule has 0 saturated carbocycles. The summed E-state index contributed by atoms with van der Waals surface area (Å²) in [6.07, 6.45) is 0.0117. The third-order valence-corrected chi connectivity index (χ3v) is 5.00. The zero-order valence-electron chi connectivity index (χ0n) is 17.3. The van der Waals surface area contributed by atoms with Crippen LogP contribution in [0.25, 0.3) is 0 Å². The Morgan fingerprint density at radius 2 is 2.00 bits per heavy atom. The number of hydrogen-bond acceptors (Lipinski definition) is 6. The predicted octanol–water partition coefficient (Wildman–Crippen LogP) is 0.407. The van der Waals surface area contributed by atoms with Gasteiger partial charge in [0.2, 0.25) is 11.9 Å². The molecule has 0 bridgehead atoms. The summed E-state index contributed by atoms with van der Waals surface area (Å²) in [4.78, 5) is 32.0. The van der Waals surface area contributed by atoms with Gasteiger partial charge >= 0.3 is 12.0 Å². The first-order valence-corrected chi connectivity index (χ1v) is 9.73. The lowest BCUT2D eigenvalue weighted by Gasteiger charge is -2.32. The molecule has 29 heavy (non-hydrogen) atoms. The number of aliphatic imine (C=N–C) groups is 1. The fraction of sp³-hybridized carbons (Fsp3) is 0.500. The van der Waals surface area contributed by atoms with Gasteiger partial charge in [0.1, 0.15) is 18.5 Å². The minimum atomic E-state index is -0.858. The Labute approximate surface area is 170 Å². The lowest BCUT2D eigenvalue weighted by Crippen LogP contribution is -2.62. The number of nitrogens with zero attached hydrogens (tertiary/aromatic N) is 4. The number of ether oxygens (including phenoxy) is 1. The Hall–Kier alpha value is -2.94. The van der Waals surface area contributed by atoms with Crippen LogP contribution in [0.3, 0.4) is 0 Å². The normalized spacial score (nSPS) is 20.0. The van der Waals surface area contributed by atoms with Crippen molar-refractivity contribution >= 4 is 23.7 Å². The predicted molar refractivity (Wildman–Crippen MR) is 108 cm³/mol. The molecule has 0 aliphatic carbocycles. The van der Waals surface area contributed by atoms with Gasteiger partial charge in [-0.15, -0.1) is 0 Å². The van der Waals surface area contributed by atoms with E-state index in [4.69, 9.17) is 4.74 Å². The molecule has 2 aliphatic heterocycles. The van der Waals surface area contributed by atoms with Crippen LogP contribution in [0, 0.1) is 6.92 Å². The Morgan fingerprint density at radius 1 is 1.28 bits per heavy atom. The lowest BCUT2D eigenvalue weighted by atomic mass is 10.1. The van der Waals surface area contributed by atoms with Crippen LogP contribution < -0.4 is 10.1 Å². The van der Waals surface area contributed by atoms with Gasteiger partial charge in [-0.05, 0) is 25.0 Å². The second-order valence-electron chi connectivity index (χ2n) is 7.24. The summed E-state index contributed by atoms with van der Waals surface area (Å²) in [6, 6.07) is 6.40. The molecule has 0 spiro atoms. The summed E-state index contributed by atoms with van der Waals surface area (Å²) in [6.45, 7) is 4.83. The Balaban J connectivity index is 1.78. The third kappa shape index (κ3) is 4.09. The number of aliphatic hydroxyl groups is 1. The van der Waals surface area contributed by atoms with Crippen molar-refractivity contribution in [3.8, 4) is 5.75 Å². The Kier molecular flexibility index (Phi) is 6.17. The van der Waals surface area contributed by atoms with Crippen molar-refractivity contribution in [2.75, 3.05) is 33.8 Å². The number of nitrogens with one attached hydrogen (secondary N) is 1. The number of likely N-dealkylation sites (N-methyl/N-ethyl adjacent to an activating group) is 2. The molecule has 156 valence electrons. The van der Waals surface area contributed by atoms with E-state index in [-0.39, 0.29) is 19.1 Å². The maximum absolute atomic E-state index is 12.8. The first-order chi connectivity index (χ1) is 13.8. The molecule has 2 unspecified atom stereocenters. The van der Waals surface area contributed by atoms with E-state index in [0.29, 0.717) is 24.1 Å². The van der Waals surface area contributed by atoms with Gasteiger partial charge in [0.05, 0.1) is 13.1 Å². The smallest absolute Gasteiger partial charge is 0.390 e. The number of aryl methyl sites for hydroxylation is 1. The summed E-state index contributed by atoms with van der Waals surface area (Å²) in [5, 5.41) is 13.8. The van der Waals surface area contributed by atoms with Crippen molar-refractivity contribution < 1.29 is 24.0 Å². The molecule has 0 aromatic heterocycles. The average molecular weight is 402 g/mol. The van der Waals surface area contributed by atoms with Crippen molar-refractivity contribution in [3.63, 3.8) is 0 Å². The number of para-hydroxylation sites is 1. The molecular formula is C20H28N5O4+. The number of amides is 3. The second-order valence-corrected chi connectivity index (χ2v) is 7.24. The summed E-state index contributed by atoms with van der Waals surface area (Å²) < 4.78 is 7.45. The summed E-state index contributed by atoms with van der Waals surface area (Å²) in [7, 11) is 3.04. The zero-order valence-corrected chi connectivity index (χ0v) is 17.3. The largest absolute Gasteiger partial charge is 0.490 e. The number of fused-ring (bicyclic) bond motifs is 1. The van der Waals surface area contributed by atoms with Crippen LogP contribution in [0.4, 0.5) is 4.79 Å². The number of rotatable bonds is 7. The Morgan fingerprint density at radius 3 is 2.69 bits per heavy atom. The van der Waals surface area contributed by atoms with Gasteiger partial charge in [0.15, 0.2) is 0 Å². The third-order valence-electron chi connectivity index (χ3n) is 5.00. The molecule has 3 amide bonds. The molecule has 1 fully saturated rings. The SMILES string of the molecule is CCCNC1=[N+](CC(O)COc2ccccc2C)C2C(=O)N(C)C(=O)N(C)C2=N1. The fourth-order valence-electron chi connectivity index (χ4n) is 3.35. The molecule has 3 rings (SSSR count). The van der Waals surface area contributed by atoms with E-state index in [1.807, 2.05) is 38.1 Å². The average Bonchev–Trinajstić information content (AvgIpc) is 3.06. The molecule has 9 nitrogen and oxygen atoms in total. The summed E-state index contributed by atoms with van der Waals surface area (Å²) >= 11 is 0. The van der Waals surface area contributed by atoms with Crippen LogP contribution in [0.2, 0.25) is 0 Å². The maximum atomic E-state index is 12.8. The summed E-state index contributed by atoms with van der Waals surface area (Å²) in [5.41, 5.74) is 0.979. The topological polar surface area (TPSA) is 97.5 Å². The molecule has 9 heteroatoms. The highest BCUT2D eigenvalue weighted by molar-refractivity contribution is 6.22. The highest BCUT2D eigenvalue weighted by Crippen LogP contribution is 2.19. The number of hydrogen-bond donors (Lipinski definition) is 2. The maximum Gasteiger partial charge on any atom is 0.390 e. The van der Waals surface area contributed by atoms with Crippen LogP contribution in [0.15, 0.2) is 29.3 Å². The Bertz CT molecular complexity index is 866. The van der Waals surface area contributed by atoms with E-state index in [1.165, 1.54) is 11.9 Å². The number of carbonyl (C=O) groups is 2. The van der Waals surface area contributed by atoms with Gasteiger partial charge in [-0.2, -0.15) is 0 Å². The van der Waals surface area contributed by atoms with E-state index in [1.54, 1.807) is 11.6 Å². The van der Waals surface area contributed by atoms with Crippen molar-refractivity contribution in [2.24, 2.45) is 4.99 Å².